The van der Waals surface area contributed by atoms with Crippen LogP contribution in [-0.2, 0) is 4.79 Å². The fourth-order valence-electron chi connectivity index (χ4n) is 4.78. The monoisotopic (exact) mass is 588 g/mol. The number of ether oxygens (including phenoxy) is 4. The van der Waals surface area contributed by atoms with Gasteiger partial charge in [-0.15, -0.1) is 0 Å². The highest BCUT2D eigenvalue weighted by Crippen LogP contribution is 2.35. The highest BCUT2D eigenvalue weighted by molar-refractivity contribution is 6.30. The van der Waals surface area contributed by atoms with Gasteiger partial charge in [-0.1, -0.05) is 23.7 Å². The minimum absolute atomic E-state index is 0.117. The molecule has 1 saturated carbocycles. The number of methoxy groups -OCH3 is 2. The molecule has 0 saturated heterocycles. The quantitative estimate of drug-likeness (QED) is 0.263. The summed E-state index contributed by atoms with van der Waals surface area (Å²) in [6, 6.07) is 17.8. The first kappa shape index (κ1) is 27.5. The Balaban J connectivity index is 1.28. The molecular weight excluding hydrogens is 560 g/mol. The summed E-state index contributed by atoms with van der Waals surface area (Å²) in [6.07, 6.45) is 3.88. The summed E-state index contributed by atoms with van der Waals surface area (Å²) >= 11 is 6.09. The third-order valence-electron chi connectivity index (χ3n) is 7.16. The summed E-state index contributed by atoms with van der Waals surface area (Å²) < 4.78 is 23.5. The smallest absolute Gasteiger partial charge is 0.254 e. The van der Waals surface area contributed by atoms with E-state index >= 15 is 0 Å². The number of anilines is 1. The first-order chi connectivity index (χ1) is 20.4. The van der Waals surface area contributed by atoms with E-state index in [1.807, 2.05) is 24.4 Å². The summed E-state index contributed by atoms with van der Waals surface area (Å²) in [6.45, 7) is 0.464. The third-order valence-corrected chi connectivity index (χ3v) is 7.41. The topological polar surface area (TPSA) is 104 Å². The lowest BCUT2D eigenvalue weighted by Gasteiger charge is -2.22. The SMILES string of the molecule is COc1ccc(-n2cc(-c3ccc(Cl)cc3)nc2NC(=O)CN(CC2CC2)C(=O)c2ccc3c(c2)OCO3)cc1OC. The summed E-state index contributed by atoms with van der Waals surface area (Å²) in [5.74, 6) is 2.25. The molecule has 0 spiro atoms. The van der Waals surface area contributed by atoms with Gasteiger partial charge >= 0.3 is 0 Å². The number of carbonyl (C=O) groups excluding carboxylic acids is 2. The molecule has 4 aromatic rings. The summed E-state index contributed by atoms with van der Waals surface area (Å²) in [4.78, 5) is 33.3. The molecule has 1 aliphatic carbocycles. The van der Waals surface area contributed by atoms with Crippen LogP contribution in [0.25, 0.3) is 16.9 Å². The Bertz CT molecular complexity index is 1630. The van der Waals surface area contributed by atoms with Crippen molar-refractivity contribution in [2.45, 2.75) is 12.8 Å². The Morgan fingerprint density at radius 3 is 2.50 bits per heavy atom. The fraction of sp³-hybridized carbons (Fsp3) is 0.258. The second-order valence-corrected chi connectivity index (χ2v) is 10.5. The van der Waals surface area contributed by atoms with E-state index in [0.717, 1.165) is 18.4 Å². The lowest BCUT2D eigenvalue weighted by atomic mass is 10.1. The Kier molecular flexibility index (Phi) is 7.62. The molecule has 0 unspecified atom stereocenters. The van der Waals surface area contributed by atoms with E-state index in [2.05, 4.69) is 5.32 Å². The standard InChI is InChI=1S/C31H29ClN4O6/c1-39-25-12-10-23(14-27(25)40-2)36-16-24(20-5-8-22(32)9-6-20)33-31(36)34-29(37)17-35(15-19-3-4-19)30(38)21-7-11-26-28(13-21)42-18-41-26/h5-14,16,19H,3-4,15,17-18H2,1-2H3,(H,33,34,37). The Morgan fingerprint density at radius 1 is 1.00 bits per heavy atom. The zero-order valence-corrected chi connectivity index (χ0v) is 23.9. The molecule has 2 heterocycles. The van der Waals surface area contributed by atoms with Crippen molar-refractivity contribution in [1.82, 2.24) is 14.5 Å². The number of halogens is 1. The Morgan fingerprint density at radius 2 is 1.76 bits per heavy atom. The average Bonchev–Trinajstić information content (AvgIpc) is 3.53. The first-order valence-electron chi connectivity index (χ1n) is 13.5. The van der Waals surface area contributed by atoms with Crippen LogP contribution in [-0.4, -0.2) is 60.4 Å². The predicted octanol–water partition coefficient (Wildman–Crippen LogP) is 5.43. The molecule has 0 bridgehead atoms. The van der Waals surface area contributed by atoms with Gasteiger partial charge in [-0.05, 0) is 61.2 Å². The minimum Gasteiger partial charge on any atom is -0.493 e. The van der Waals surface area contributed by atoms with Gasteiger partial charge in [-0.3, -0.25) is 19.5 Å². The van der Waals surface area contributed by atoms with Crippen molar-refractivity contribution in [2.75, 3.05) is 39.4 Å². The third kappa shape index (κ3) is 5.84. The van der Waals surface area contributed by atoms with E-state index in [1.54, 1.807) is 66.2 Å². The van der Waals surface area contributed by atoms with Crippen LogP contribution in [0.3, 0.4) is 0 Å². The molecule has 0 radical (unpaired) electrons. The van der Waals surface area contributed by atoms with Gasteiger partial charge in [0.2, 0.25) is 18.6 Å². The molecule has 0 atom stereocenters. The van der Waals surface area contributed by atoms with E-state index in [1.165, 1.54) is 0 Å². The summed E-state index contributed by atoms with van der Waals surface area (Å²) in [7, 11) is 3.13. The highest BCUT2D eigenvalue weighted by Gasteiger charge is 2.30. The van der Waals surface area contributed by atoms with Gasteiger partial charge in [0.15, 0.2) is 23.0 Å². The van der Waals surface area contributed by atoms with Crippen LogP contribution in [0.1, 0.15) is 23.2 Å². The van der Waals surface area contributed by atoms with Crippen LogP contribution >= 0.6 is 11.6 Å². The second-order valence-electron chi connectivity index (χ2n) is 10.1. The van der Waals surface area contributed by atoms with Gasteiger partial charge in [0.25, 0.3) is 5.91 Å². The molecule has 6 rings (SSSR count). The van der Waals surface area contributed by atoms with E-state index in [-0.39, 0.29) is 25.2 Å². The van der Waals surface area contributed by atoms with Gasteiger partial charge in [0.1, 0.15) is 6.54 Å². The van der Waals surface area contributed by atoms with Crippen molar-refractivity contribution >= 4 is 29.4 Å². The second kappa shape index (κ2) is 11.7. The van der Waals surface area contributed by atoms with Crippen molar-refractivity contribution in [2.24, 2.45) is 5.92 Å². The normalized spacial score (nSPS) is 13.5. The van der Waals surface area contributed by atoms with Gasteiger partial charge in [0, 0.05) is 35.0 Å². The number of imidazole rings is 1. The van der Waals surface area contributed by atoms with Gasteiger partial charge in [-0.2, -0.15) is 0 Å². The number of rotatable bonds is 10. The van der Waals surface area contributed by atoms with Gasteiger partial charge < -0.3 is 23.8 Å². The van der Waals surface area contributed by atoms with Crippen molar-refractivity contribution < 1.29 is 28.5 Å². The number of fused-ring (bicyclic) bond motifs is 1. The zero-order chi connectivity index (χ0) is 29.2. The lowest BCUT2D eigenvalue weighted by molar-refractivity contribution is -0.117. The Hall–Kier alpha value is -4.70. The van der Waals surface area contributed by atoms with Crippen molar-refractivity contribution in [3.8, 4) is 39.9 Å². The largest absolute Gasteiger partial charge is 0.493 e. The van der Waals surface area contributed by atoms with E-state index in [4.69, 9.17) is 35.5 Å². The lowest BCUT2D eigenvalue weighted by Crippen LogP contribution is -2.39. The van der Waals surface area contributed by atoms with E-state index in [9.17, 15) is 9.59 Å². The number of carbonyl (C=O) groups is 2. The molecule has 216 valence electrons. The molecular formula is C31H29ClN4O6. The van der Waals surface area contributed by atoms with Gasteiger partial charge in [-0.25, -0.2) is 4.98 Å². The average molecular weight is 589 g/mol. The van der Waals surface area contributed by atoms with E-state index < -0.39 is 0 Å². The molecule has 1 aliphatic heterocycles. The molecule has 1 fully saturated rings. The number of amides is 2. The van der Waals surface area contributed by atoms with Crippen molar-refractivity contribution in [3.63, 3.8) is 0 Å². The number of aromatic nitrogens is 2. The van der Waals surface area contributed by atoms with Crippen LogP contribution in [0.2, 0.25) is 5.02 Å². The highest BCUT2D eigenvalue weighted by atomic mass is 35.5. The first-order valence-corrected chi connectivity index (χ1v) is 13.9. The van der Waals surface area contributed by atoms with Crippen LogP contribution in [0.5, 0.6) is 23.0 Å². The van der Waals surface area contributed by atoms with E-state index in [0.29, 0.717) is 63.4 Å². The molecule has 2 amide bonds. The Labute approximate surface area is 247 Å². The summed E-state index contributed by atoms with van der Waals surface area (Å²) in [5.41, 5.74) is 2.58. The molecule has 42 heavy (non-hydrogen) atoms. The maximum absolute atomic E-state index is 13.5. The van der Waals surface area contributed by atoms with Crippen LogP contribution in [0.15, 0.2) is 66.9 Å². The molecule has 10 nitrogen and oxygen atoms in total. The maximum Gasteiger partial charge on any atom is 0.254 e. The maximum atomic E-state index is 13.5. The predicted molar refractivity (Wildman–Crippen MR) is 157 cm³/mol. The van der Waals surface area contributed by atoms with Crippen LogP contribution < -0.4 is 24.3 Å². The molecule has 11 heteroatoms. The van der Waals surface area contributed by atoms with Crippen molar-refractivity contribution in [1.29, 1.82) is 0 Å². The fourth-order valence-corrected chi connectivity index (χ4v) is 4.91. The van der Waals surface area contributed by atoms with Crippen molar-refractivity contribution in [3.05, 3.63) is 77.4 Å². The number of benzene rings is 3. The zero-order valence-electron chi connectivity index (χ0n) is 23.1. The van der Waals surface area contributed by atoms with Gasteiger partial charge in [0.05, 0.1) is 25.6 Å². The minimum atomic E-state index is -0.375. The summed E-state index contributed by atoms with van der Waals surface area (Å²) in [5, 5.41) is 3.53. The molecule has 1 aromatic heterocycles. The number of nitrogens with zero attached hydrogens (tertiary/aromatic N) is 3. The number of nitrogens with one attached hydrogen (secondary N) is 1. The molecule has 1 N–H and O–H groups in total. The van der Waals surface area contributed by atoms with Crippen LogP contribution in [0.4, 0.5) is 5.95 Å². The number of hydrogen-bond donors (Lipinski definition) is 1. The van der Waals surface area contributed by atoms with Crippen LogP contribution in [0, 0.1) is 5.92 Å². The molecule has 2 aliphatic rings. The molecule has 3 aromatic carbocycles. The number of hydrogen-bond acceptors (Lipinski definition) is 7.